The van der Waals surface area contributed by atoms with Crippen molar-refractivity contribution < 1.29 is 14.1 Å². The van der Waals surface area contributed by atoms with Crippen molar-refractivity contribution >= 4 is 33.7 Å². The largest absolute Gasteiger partial charge is 0.455 e. The third kappa shape index (κ3) is 4.92. The second-order valence-corrected chi connectivity index (χ2v) is 6.93. The SMILES string of the molecule is Cc1ccc(CC(=O)N/N=C\c2ccc(-c3ccc([N+](=O)[O-])cc3Br)o2)cc1. The molecule has 7 nitrogen and oxygen atoms in total. The van der Waals surface area contributed by atoms with E-state index in [0.29, 0.717) is 21.6 Å². The van der Waals surface area contributed by atoms with Crippen molar-refractivity contribution in [1.82, 2.24) is 5.43 Å². The summed E-state index contributed by atoms with van der Waals surface area (Å²) < 4.78 is 6.21. The van der Waals surface area contributed by atoms with Crippen LogP contribution in [0.1, 0.15) is 16.9 Å². The molecule has 1 amide bonds. The topological polar surface area (TPSA) is 97.7 Å². The number of nitro groups is 1. The van der Waals surface area contributed by atoms with Crippen LogP contribution in [0.5, 0.6) is 0 Å². The fraction of sp³-hybridized carbons (Fsp3) is 0.100. The van der Waals surface area contributed by atoms with Crippen molar-refractivity contribution in [3.8, 4) is 11.3 Å². The maximum absolute atomic E-state index is 11.9. The maximum Gasteiger partial charge on any atom is 0.270 e. The lowest BCUT2D eigenvalue weighted by Crippen LogP contribution is -2.19. The van der Waals surface area contributed by atoms with Crippen LogP contribution in [0.4, 0.5) is 5.69 Å². The Kier molecular flexibility index (Phi) is 6.00. The first-order chi connectivity index (χ1) is 13.4. The molecule has 1 aromatic heterocycles. The Bertz CT molecular complexity index is 1040. The average molecular weight is 442 g/mol. The number of halogens is 1. The third-order valence-corrected chi connectivity index (χ3v) is 4.58. The smallest absolute Gasteiger partial charge is 0.270 e. The van der Waals surface area contributed by atoms with Crippen molar-refractivity contribution in [3.63, 3.8) is 0 Å². The van der Waals surface area contributed by atoms with Crippen LogP contribution >= 0.6 is 15.9 Å². The molecule has 0 unspecified atom stereocenters. The van der Waals surface area contributed by atoms with Gasteiger partial charge >= 0.3 is 0 Å². The van der Waals surface area contributed by atoms with Crippen LogP contribution in [-0.2, 0) is 11.2 Å². The van der Waals surface area contributed by atoms with Crippen LogP contribution in [0.3, 0.4) is 0 Å². The van der Waals surface area contributed by atoms with Gasteiger partial charge in [-0.25, -0.2) is 5.43 Å². The molecular formula is C20H16BrN3O4. The highest BCUT2D eigenvalue weighted by atomic mass is 79.9. The van der Waals surface area contributed by atoms with E-state index in [1.54, 1.807) is 18.2 Å². The van der Waals surface area contributed by atoms with Crippen LogP contribution in [-0.4, -0.2) is 17.0 Å². The number of nitrogens with one attached hydrogen (secondary N) is 1. The number of nitro benzene ring substituents is 1. The molecule has 2 aromatic carbocycles. The third-order valence-electron chi connectivity index (χ3n) is 3.92. The van der Waals surface area contributed by atoms with Crippen LogP contribution in [0, 0.1) is 17.0 Å². The number of nitrogens with zero attached hydrogens (tertiary/aromatic N) is 2. The first kappa shape index (κ1) is 19.5. The Morgan fingerprint density at radius 2 is 1.96 bits per heavy atom. The van der Waals surface area contributed by atoms with E-state index >= 15 is 0 Å². The molecule has 0 aliphatic rings. The van der Waals surface area contributed by atoms with Crippen molar-refractivity contribution in [3.05, 3.63) is 86.1 Å². The molecule has 0 saturated heterocycles. The number of hydrogen-bond donors (Lipinski definition) is 1. The van der Waals surface area contributed by atoms with E-state index in [9.17, 15) is 14.9 Å². The van der Waals surface area contributed by atoms with Crippen molar-refractivity contribution in [2.45, 2.75) is 13.3 Å². The highest BCUT2D eigenvalue weighted by Crippen LogP contribution is 2.32. The fourth-order valence-electron chi connectivity index (χ4n) is 2.48. The summed E-state index contributed by atoms with van der Waals surface area (Å²) >= 11 is 3.31. The second kappa shape index (κ2) is 8.62. The average Bonchev–Trinajstić information content (AvgIpc) is 3.12. The summed E-state index contributed by atoms with van der Waals surface area (Å²) in [4.78, 5) is 22.3. The van der Waals surface area contributed by atoms with Gasteiger partial charge in [0, 0.05) is 22.2 Å². The highest BCUT2D eigenvalue weighted by molar-refractivity contribution is 9.10. The highest BCUT2D eigenvalue weighted by Gasteiger charge is 2.13. The Morgan fingerprint density at radius 1 is 1.21 bits per heavy atom. The molecule has 1 N–H and O–H groups in total. The first-order valence-corrected chi connectivity index (χ1v) is 9.13. The van der Waals surface area contributed by atoms with Gasteiger partial charge in [0.2, 0.25) is 5.91 Å². The van der Waals surface area contributed by atoms with Crippen molar-refractivity contribution in [1.29, 1.82) is 0 Å². The second-order valence-electron chi connectivity index (χ2n) is 6.08. The molecule has 3 aromatic rings. The van der Waals surface area contributed by atoms with Gasteiger partial charge < -0.3 is 4.42 Å². The molecule has 0 radical (unpaired) electrons. The predicted octanol–water partition coefficient (Wildman–Crippen LogP) is 4.62. The van der Waals surface area contributed by atoms with Gasteiger partial charge in [-0.2, -0.15) is 5.10 Å². The van der Waals surface area contributed by atoms with Gasteiger partial charge in [0.15, 0.2) is 0 Å². The standard InChI is InChI=1S/C20H16BrN3O4/c1-13-2-4-14(5-3-13)10-20(25)23-22-12-16-7-9-19(28-16)17-8-6-15(24(26)27)11-18(17)21/h2-9,11-12H,10H2,1H3,(H,23,25)/b22-12-. The van der Waals surface area contributed by atoms with Gasteiger partial charge in [0.05, 0.1) is 17.6 Å². The zero-order valence-electron chi connectivity index (χ0n) is 14.9. The zero-order chi connectivity index (χ0) is 20.1. The summed E-state index contributed by atoms with van der Waals surface area (Å²) in [5.74, 6) is 0.732. The van der Waals surface area contributed by atoms with Crippen molar-refractivity contribution in [2.75, 3.05) is 0 Å². The first-order valence-electron chi connectivity index (χ1n) is 8.34. The van der Waals surface area contributed by atoms with Gasteiger partial charge in [-0.1, -0.05) is 29.8 Å². The maximum atomic E-state index is 11.9. The molecule has 3 rings (SSSR count). The Balaban J connectivity index is 1.62. The summed E-state index contributed by atoms with van der Waals surface area (Å²) in [6.45, 7) is 1.99. The van der Waals surface area contributed by atoms with E-state index in [-0.39, 0.29) is 18.0 Å². The molecule has 28 heavy (non-hydrogen) atoms. The summed E-state index contributed by atoms with van der Waals surface area (Å²) in [6, 6.07) is 15.5. The lowest BCUT2D eigenvalue weighted by molar-refractivity contribution is -0.384. The summed E-state index contributed by atoms with van der Waals surface area (Å²) in [5, 5.41) is 14.7. The molecule has 0 bridgehead atoms. The molecule has 142 valence electrons. The van der Waals surface area contributed by atoms with Crippen LogP contribution in [0.15, 0.2) is 68.6 Å². The number of amides is 1. The number of non-ortho nitro benzene ring substituents is 1. The molecule has 1 heterocycles. The molecule has 0 aliphatic heterocycles. The number of carbonyl (C=O) groups is 1. The quantitative estimate of drug-likeness (QED) is 0.342. The van der Waals surface area contributed by atoms with Crippen LogP contribution in [0.25, 0.3) is 11.3 Å². The monoisotopic (exact) mass is 441 g/mol. The molecule has 0 aliphatic carbocycles. The lowest BCUT2D eigenvalue weighted by Gasteiger charge is -2.01. The summed E-state index contributed by atoms with van der Waals surface area (Å²) in [7, 11) is 0. The Morgan fingerprint density at radius 3 is 2.64 bits per heavy atom. The number of hydrazone groups is 1. The zero-order valence-corrected chi connectivity index (χ0v) is 16.5. The van der Waals surface area contributed by atoms with E-state index in [4.69, 9.17) is 4.42 Å². The molecule has 8 heteroatoms. The summed E-state index contributed by atoms with van der Waals surface area (Å²) in [5.41, 5.74) is 5.16. The van der Waals surface area contributed by atoms with Gasteiger partial charge in [-0.3, -0.25) is 14.9 Å². The number of hydrogen-bond acceptors (Lipinski definition) is 5. The van der Waals surface area contributed by atoms with E-state index < -0.39 is 4.92 Å². The van der Waals surface area contributed by atoms with Gasteiger partial charge in [-0.05, 0) is 46.6 Å². The van der Waals surface area contributed by atoms with E-state index in [0.717, 1.165) is 11.1 Å². The Hall–Kier alpha value is -3.26. The van der Waals surface area contributed by atoms with Crippen LogP contribution in [0.2, 0.25) is 0 Å². The number of rotatable bonds is 6. The molecule has 0 fully saturated rings. The van der Waals surface area contributed by atoms with E-state index in [1.165, 1.54) is 18.3 Å². The summed E-state index contributed by atoms with van der Waals surface area (Å²) in [6.07, 6.45) is 1.63. The molecule has 0 saturated carbocycles. The minimum atomic E-state index is -0.464. The molecular weight excluding hydrogens is 426 g/mol. The minimum absolute atomic E-state index is 0.0137. The van der Waals surface area contributed by atoms with Gasteiger partial charge in [0.25, 0.3) is 5.69 Å². The van der Waals surface area contributed by atoms with Crippen molar-refractivity contribution in [2.24, 2.45) is 5.10 Å². The minimum Gasteiger partial charge on any atom is -0.455 e. The van der Waals surface area contributed by atoms with Gasteiger partial charge in [0.1, 0.15) is 11.5 Å². The number of aryl methyl sites for hydroxylation is 1. The van der Waals surface area contributed by atoms with E-state index in [2.05, 4.69) is 26.5 Å². The number of furan rings is 1. The Labute approximate surface area is 169 Å². The molecule has 0 spiro atoms. The predicted molar refractivity (Wildman–Crippen MR) is 109 cm³/mol. The lowest BCUT2D eigenvalue weighted by atomic mass is 10.1. The fourth-order valence-corrected chi connectivity index (χ4v) is 3.05. The van der Waals surface area contributed by atoms with E-state index in [1.807, 2.05) is 31.2 Å². The van der Waals surface area contributed by atoms with Crippen LogP contribution < -0.4 is 5.43 Å². The molecule has 0 atom stereocenters. The van der Waals surface area contributed by atoms with Gasteiger partial charge in [-0.15, -0.1) is 0 Å². The number of carbonyl (C=O) groups excluding carboxylic acids is 1. The normalized spacial score (nSPS) is 10.9. The number of benzene rings is 2.